The van der Waals surface area contributed by atoms with E-state index in [9.17, 15) is 0 Å². The molecule has 23 heavy (non-hydrogen) atoms. The maximum absolute atomic E-state index is 6.26. The molecule has 0 aromatic heterocycles. The molecule has 2 aromatic rings. The monoisotopic (exact) mass is 348 g/mol. The highest BCUT2D eigenvalue weighted by Gasteiger charge is 2.39. The van der Waals surface area contributed by atoms with E-state index < -0.39 is 17.1 Å². The van der Waals surface area contributed by atoms with Crippen LogP contribution in [0.3, 0.4) is 0 Å². The van der Waals surface area contributed by atoms with E-state index in [1.54, 1.807) is 0 Å². The van der Waals surface area contributed by atoms with Crippen LogP contribution in [0, 0.1) is 0 Å². The Morgan fingerprint density at radius 1 is 0.609 bits per heavy atom. The first kappa shape index (κ1) is 17.4. The number of rotatable bonds is 6. The van der Waals surface area contributed by atoms with Crippen LogP contribution >= 0.6 is 0 Å². The summed E-state index contributed by atoms with van der Waals surface area (Å²) >= 11 is 0. The standard InChI is InChI=1S/C16H24N2O3Si2/c1-22(2,19-15-9-5-13(17)6-10-15)21-23(3,4)20-16-11-7-14(18)8-12-16/h5-12H,17-18H2,1-4H3. The summed E-state index contributed by atoms with van der Waals surface area (Å²) in [5.41, 5.74) is 12.8. The first-order valence-corrected chi connectivity index (χ1v) is 13.1. The van der Waals surface area contributed by atoms with Crippen molar-refractivity contribution in [2.75, 3.05) is 11.5 Å². The van der Waals surface area contributed by atoms with Crippen molar-refractivity contribution in [3.8, 4) is 11.5 Å². The summed E-state index contributed by atoms with van der Waals surface area (Å²) in [6, 6.07) is 14.7. The molecular weight excluding hydrogens is 324 g/mol. The second-order valence-corrected chi connectivity index (χ2v) is 13.1. The lowest BCUT2D eigenvalue weighted by molar-refractivity contribution is 0.334. The third-order valence-corrected chi connectivity index (χ3v) is 8.37. The van der Waals surface area contributed by atoms with E-state index in [1.165, 1.54) is 0 Å². The molecule has 0 fully saturated rings. The molecule has 2 aromatic carbocycles. The summed E-state index contributed by atoms with van der Waals surface area (Å²) in [7, 11) is -4.78. The van der Waals surface area contributed by atoms with Crippen LogP contribution in [0.25, 0.3) is 0 Å². The second kappa shape index (κ2) is 6.65. The molecule has 0 aliphatic carbocycles. The van der Waals surface area contributed by atoms with Crippen LogP contribution < -0.4 is 20.3 Å². The Hall–Kier alpha value is -1.97. The summed E-state index contributed by atoms with van der Waals surface area (Å²) in [6.07, 6.45) is 0. The lowest BCUT2D eigenvalue weighted by atomic mass is 10.3. The maximum Gasteiger partial charge on any atom is 0.384 e. The fourth-order valence-electron chi connectivity index (χ4n) is 2.27. The third-order valence-electron chi connectivity index (χ3n) is 2.98. The zero-order valence-corrected chi connectivity index (χ0v) is 16.0. The average Bonchev–Trinajstić information content (AvgIpc) is 2.42. The summed E-state index contributed by atoms with van der Waals surface area (Å²) in [5.74, 6) is 1.52. The molecule has 0 amide bonds. The van der Waals surface area contributed by atoms with Crippen molar-refractivity contribution < 1.29 is 13.0 Å². The summed E-state index contributed by atoms with van der Waals surface area (Å²) in [6.45, 7) is 8.02. The van der Waals surface area contributed by atoms with Crippen molar-refractivity contribution in [1.29, 1.82) is 0 Å². The summed E-state index contributed by atoms with van der Waals surface area (Å²) < 4.78 is 18.4. The molecule has 7 heteroatoms. The molecule has 0 unspecified atom stereocenters. The topological polar surface area (TPSA) is 79.7 Å². The maximum atomic E-state index is 6.26. The van der Waals surface area contributed by atoms with E-state index in [4.69, 9.17) is 24.4 Å². The van der Waals surface area contributed by atoms with Crippen LogP contribution in [0.4, 0.5) is 11.4 Å². The number of benzene rings is 2. The van der Waals surface area contributed by atoms with E-state index in [1.807, 2.05) is 74.7 Å². The highest BCUT2D eigenvalue weighted by Crippen LogP contribution is 2.24. The predicted octanol–water partition coefficient (Wildman–Crippen LogP) is 3.73. The van der Waals surface area contributed by atoms with Crippen molar-refractivity contribution in [3.63, 3.8) is 0 Å². The number of nitrogens with two attached hydrogens (primary N) is 2. The Morgan fingerprint density at radius 2 is 0.913 bits per heavy atom. The van der Waals surface area contributed by atoms with Gasteiger partial charge in [0.05, 0.1) is 0 Å². The lowest BCUT2D eigenvalue weighted by Crippen LogP contribution is -2.52. The van der Waals surface area contributed by atoms with Gasteiger partial charge in [-0.25, -0.2) is 0 Å². The van der Waals surface area contributed by atoms with Crippen LogP contribution in [0.5, 0.6) is 11.5 Å². The molecule has 0 saturated carbocycles. The lowest BCUT2D eigenvalue weighted by Gasteiger charge is -2.33. The van der Waals surface area contributed by atoms with Crippen molar-refractivity contribution >= 4 is 28.5 Å². The van der Waals surface area contributed by atoms with Crippen molar-refractivity contribution in [2.45, 2.75) is 26.2 Å². The van der Waals surface area contributed by atoms with Crippen LogP contribution in [0.1, 0.15) is 0 Å². The van der Waals surface area contributed by atoms with E-state index in [-0.39, 0.29) is 0 Å². The smallest absolute Gasteiger partial charge is 0.384 e. The van der Waals surface area contributed by atoms with E-state index in [0.29, 0.717) is 11.4 Å². The SMILES string of the molecule is C[Si](C)(Oc1ccc(N)cc1)O[Si](C)(C)Oc1ccc(N)cc1. The minimum absolute atomic E-state index is 0.708. The van der Waals surface area contributed by atoms with E-state index >= 15 is 0 Å². The van der Waals surface area contributed by atoms with Gasteiger partial charge in [0.2, 0.25) is 0 Å². The van der Waals surface area contributed by atoms with Crippen LogP contribution in [-0.2, 0) is 4.12 Å². The van der Waals surface area contributed by atoms with Gasteiger partial charge in [-0.15, -0.1) is 0 Å². The van der Waals surface area contributed by atoms with Crippen LogP contribution in [-0.4, -0.2) is 17.1 Å². The minimum Gasteiger partial charge on any atom is -0.521 e. The molecule has 0 radical (unpaired) electrons. The number of hydrogen-bond acceptors (Lipinski definition) is 5. The van der Waals surface area contributed by atoms with Crippen molar-refractivity contribution in [2.24, 2.45) is 0 Å². The number of hydrogen-bond donors (Lipinski definition) is 2. The first-order chi connectivity index (χ1) is 10.7. The molecule has 0 saturated heterocycles. The van der Waals surface area contributed by atoms with E-state index in [0.717, 1.165) is 11.5 Å². The largest absolute Gasteiger partial charge is 0.521 e. The minimum atomic E-state index is -2.39. The normalized spacial score (nSPS) is 12.0. The van der Waals surface area contributed by atoms with Gasteiger partial charge in [-0.05, 0) is 74.7 Å². The van der Waals surface area contributed by atoms with Crippen molar-refractivity contribution in [3.05, 3.63) is 48.5 Å². The molecule has 4 N–H and O–H groups in total. The first-order valence-electron chi connectivity index (χ1n) is 7.44. The molecule has 0 heterocycles. The Morgan fingerprint density at radius 3 is 1.22 bits per heavy atom. The molecule has 2 rings (SSSR count). The zero-order valence-electron chi connectivity index (χ0n) is 14.0. The van der Waals surface area contributed by atoms with Crippen LogP contribution in [0.15, 0.2) is 48.5 Å². The van der Waals surface area contributed by atoms with Gasteiger partial charge in [-0.2, -0.15) is 0 Å². The van der Waals surface area contributed by atoms with Gasteiger partial charge in [0.25, 0.3) is 0 Å². The molecule has 0 atom stereocenters. The number of nitrogen functional groups attached to an aromatic ring is 2. The molecule has 0 spiro atoms. The predicted molar refractivity (Wildman–Crippen MR) is 99.0 cm³/mol. The molecule has 0 bridgehead atoms. The van der Waals surface area contributed by atoms with Gasteiger partial charge in [0.15, 0.2) is 0 Å². The Labute approximate surface area is 139 Å². The second-order valence-electron chi connectivity index (χ2n) is 6.24. The van der Waals surface area contributed by atoms with Gasteiger partial charge < -0.3 is 24.4 Å². The Balaban J connectivity index is 2.02. The molecule has 0 aliphatic heterocycles. The molecular formula is C16H24N2O3Si2. The summed E-state index contributed by atoms with van der Waals surface area (Å²) in [5, 5.41) is 0. The molecule has 0 aliphatic rings. The van der Waals surface area contributed by atoms with E-state index in [2.05, 4.69) is 0 Å². The quantitative estimate of drug-likeness (QED) is 0.614. The molecule has 124 valence electrons. The molecule has 5 nitrogen and oxygen atoms in total. The number of anilines is 2. The average molecular weight is 349 g/mol. The van der Waals surface area contributed by atoms with Gasteiger partial charge in [0.1, 0.15) is 11.5 Å². The Kier molecular flexibility index (Phi) is 5.03. The summed E-state index contributed by atoms with van der Waals surface area (Å²) in [4.78, 5) is 0. The van der Waals surface area contributed by atoms with Gasteiger partial charge in [-0.3, -0.25) is 0 Å². The van der Waals surface area contributed by atoms with Gasteiger partial charge in [-0.1, -0.05) is 0 Å². The fourth-order valence-corrected chi connectivity index (χ4v) is 8.75. The fraction of sp³-hybridized carbons (Fsp3) is 0.250. The van der Waals surface area contributed by atoms with Crippen molar-refractivity contribution in [1.82, 2.24) is 0 Å². The third kappa shape index (κ3) is 5.62. The zero-order chi connectivity index (χ0) is 17.1. The highest BCUT2D eigenvalue weighted by atomic mass is 28.5. The highest BCUT2D eigenvalue weighted by molar-refractivity contribution is 6.79. The Bertz CT molecular complexity index is 586. The van der Waals surface area contributed by atoms with Gasteiger partial charge >= 0.3 is 17.1 Å². The van der Waals surface area contributed by atoms with Gasteiger partial charge in [0, 0.05) is 11.4 Å². The van der Waals surface area contributed by atoms with Crippen LogP contribution in [0.2, 0.25) is 26.2 Å².